The number of nitrogens with one attached hydrogen (secondary N) is 1. The summed E-state index contributed by atoms with van der Waals surface area (Å²) < 4.78 is 5.39. The van der Waals surface area contributed by atoms with Crippen molar-refractivity contribution >= 4 is 29.1 Å². The number of aryl methyl sites for hydroxylation is 3. The number of hydrogen-bond donors (Lipinski definition) is 1. The van der Waals surface area contributed by atoms with Crippen LogP contribution in [0.5, 0.6) is 0 Å². The van der Waals surface area contributed by atoms with E-state index in [9.17, 15) is 9.59 Å². The summed E-state index contributed by atoms with van der Waals surface area (Å²) in [6.45, 7) is 8.99. The lowest BCUT2D eigenvalue weighted by molar-refractivity contribution is -0.115. The molecule has 0 fully saturated rings. The Hall–Kier alpha value is -2.93. The van der Waals surface area contributed by atoms with Gasteiger partial charge >= 0.3 is 0 Å². The van der Waals surface area contributed by atoms with E-state index in [2.05, 4.69) is 15.3 Å². The summed E-state index contributed by atoms with van der Waals surface area (Å²) in [7, 11) is 0. The Morgan fingerprint density at radius 3 is 2.52 bits per heavy atom. The normalized spacial score (nSPS) is 11.9. The number of rotatable bonds is 6. The molecule has 1 amide bonds. The molecule has 1 atom stereocenters. The summed E-state index contributed by atoms with van der Waals surface area (Å²) in [5.41, 5.74) is 3.89. The first-order chi connectivity index (χ1) is 13.8. The number of furan rings is 1. The molecule has 2 aromatic heterocycles. The highest BCUT2D eigenvalue weighted by atomic mass is 32.2. The number of anilines is 1. The highest BCUT2D eigenvalue weighted by Gasteiger charge is 2.23. The number of carbonyl (C=O) groups excluding carboxylic acids is 2. The molecule has 2 heterocycles. The lowest BCUT2D eigenvalue weighted by Gasteiger charge is -2.16. The molecule has 1 N–H and O–H groups in total. The zero-order valence-corrected chi connectivity index (χ0v) is 17.9. The van der Waals surface area contributed by atoms with Gasteiger partial charge in [-0.1, -0.05) is 29.5 Å². The van der Waals surface area contributed by atoms with Crippen LogP contribution in [0.3, 0.4) is 0 Å². The predicted molar refractivity (Wildman–Crippen MR) is 114 cm³/mol. The van der Waals surface area contributed by atoms with Crippen LogP contribution in [0.1, 0.15) is 41.0 Å². The van der Waals surface area contributed by atoms with E-state index in [1.165, 1.54) is 18.7 Å². The number of aromatic nitrogens is 2. The summed E-state index contributed by atoms with van der Waals surface area (Å²) in [5.74, 6) is 0.602. The van der Waals surface area contributed by atoms with Crippen molar-refractivity contribution in [3.63, 3.8) is 0 Å². The maximum atomic E-state index is 12.8. The molecule has 0 radical (unpaired) electrons. The quantitative estimate of drug-likeness (QED) is 0.351. The van der Waals surface area contributed by atoms with Gasteiger partial charge < -0.3 is 9.73 Å². The number of thioether (sulfide) groups is 1. The molecule has 6 nitrogen and oxygen atoms in total. The van der Waals surface area contributed by atoms with E-state index in [4.69, 9.17) is 4.42 Å². The first-order valence-corrected chi connectivity index (χ1v) is 10.1. The Morgan fingerprint density at radius 1 is 1.14 bits per heavy atom. The molecular weight excluding hydrogens is 386 g/mol. The van der Waals surface area contributed by atoms with E-state index < -0.39 is 5.25 Å². The minimum absolute atomic E-state index is 0.141. The number of ketones is 1. The number of hydrogen-bond acceptors (Lipinski definition) is 6. The number of Topliss-reactive ketones (excluding diaryl/α,β-unsaturated/α-hetero) is 1. The molecule has 0 bridgehead atoms. The monoisotopic (exact) mass is 409 g/mol. The molecule has 7 heteroatoms. The fraction of sp³-hybridized carbons (Fsp3) is 0.273. The molecule has 0 saturated carbocycles. The van der Waals surface area contributed by atoms with Crippen molar-refractivity contribution in [2.45, 2.75) is 44.9 Å². The molecule has 1 unspecified atom stereocenters. The maximum Gasteiger partial charge on any atom is 0.237 e. The van der Waals surface area contributed by atoms with Gasteiger partial charge in [0.25, 0.3) is 0 Å². The Labute approximate surface area is 174 Å². The van der Waals surface area contributed by atoms with Gasteiger partial charge in [0.1, 0.15) is 5.03 Å². The van der Waals surface area contributed by atoms with E-state index in [0.29, 0.717) is 27.9 Å². The van der Waals surface area contributed by atoms with Crippen LogP contribution in [0.2, 0.25) is 0 Å². The first kappa shape index (κ1) is 20.8. The second-order valence-corrected chi connectivity index (χ2v) is 8.24. The van der Waals surface area contributed by atoms with Crippen molar-refractivity contribution in [1.82, 2.24) is 9.97 Å². The van der Waals surface area contributed by atoms with Gasteiger partial charge in [-0.15, -0.1) is 0 Å². The Bertz CT molecular complexity index is 1060. The highest BCUT2D eigenvalue weighted by Crippen LogP contribution is 2.30. The fourth-order valence-corrected chi connectivity index (χ4v) is 4.01. The molecule has 0 aliphatic heterocycles. The lowest BCUT2D eigenvalue weighted by atomic mass is 10.1. The molecule has 3 rings (SSSR count). The molecule has 1 aromatic carbocycles. The topological polar surface area (TPSA) is 85.1 Å². The van der Waals surface area contributed by atoms with Crippen LogP contribution < -0.4 is 5.32 Å². The number of benzene rings is 1. The van der Waals surface area contributed by atoms with Crippen LogP contribution in [0.25, 0.3) is 11.6 Å². The van der Waals surface area contributed by atoms with Crippen LogP contribution >= 0.6 is 11.8 Å². The third-order valence-electron chi connectivity index (χ3n) is 4.45. The van der Waals surface area contributed by atoms with Gasteiger partial charge in [-0.3, -0.25) is 9.59 Å². The summed E-state index contributed by atoms with van der Waals surface area (Å²) in [5, 5.41) is 2.96. The zero-order valence-electron chi connectivity index (χ0n) is 17.1. The second kappa shape index (κ2) is 8.61. The Kier molecular flexibility index (Phi) is 6.17. The van der Waals surface area contributed by atoms with Crippen LogP contribution in [0.15, 0.2) is 46.0 Å². The molecule has 0 aliphatic rings. The molecule has 0 aliphatic carbocycles. The van der Waals surface area contributed by atoms with Crippen molar-refractivity contribution in [2.24, 2.45) is 0 Å². The number of carbonyl (C=O) groups is 2. The van der Waals surface area contributed by atoms with Crippen molar-refractivity contribution in [3.05, 3.63) is 59.0 Å². The smallest absolute Gasteiger partial charge is 0.237 e. The van der Waals surface area contributed by atoms with Crippen molar-refractivity contribution in [3.8, 4) is 11.6 Å². The van der Waals surface area contributed by atoms with Crippen LogP contribution in [-0.4, -0.2) is 26.9 Å². The first-order valence-electron chi connectivity index (χ1n) is 9.24. The molecule has 29 heavy (non-hydrogen) atoms. The van der Waals surface area contributed by atoms with E-state index in [1.807, 2.05) is 32.0 Å². The highest BCUT2D eigenvalue weighted by molar-refractivity contribution is 8.00. The fourth-order valence-electron chi connectivity index (χ4n) is 2.96. The van der Waals surface area contributed by atoms with Gasteiger partial charge in [0.15, 0.2) is 17.4 Å². The number of nitrogens with zero attached hydrogens (tertiary/aromatic N) is 2. The Morgan fingerprint density at radius 2 is 1.90 bits per heavy atom. The van der Waals surface area contributed by atoms with Crippen molar-refractivity contribution in [2.75, 3.05) is 5.32 Å². The van der Waals surface area contributed by atoms with Crippen LogP contribution in [-0.2, 0) is 4.79 Å². The maximum absolute atomic E-state index is 12.8. The Balaban J connectivity index is 1.87. The predicted octanol–water partition coefficient (Wildman–Crippen LogP) is 4.98. The average molecular weight is 410 g/mol. The summed E-state index contributed by atoms with van der Waals surface area (Å²) in [6, 6.07) is 9.37. The van der Waals surface area contributed by atoms with E-state index >= 15 is 0 Å². The van der Waals surface area contributed by atoms with Crippen molar-refractivity contribution in [1.29, 1.82) is 0 Å². The number of amides is 1. The second-order valence-electron chi connectivity index (χ2n) is 6.91. The van der Waals surface area contributed by atoms with Gasteiger partial charge in [0, 0.05) is 5.69 Å². The minimum atomic E-state index is -0.465. The molecular formula is C22H23N3O3S. The minimum Gasteiger partial charge on any atom is -0.461 e. The van der Waals surface area contributed by atoms with Gasteiger partial charge in [0.05, 0.1) is 22.8 Å². The summed E-state index contributed by atoms with van der Waals surface area (Å²) in [4.78, 5) is 33.9. The SMILES string of the molecule is CC(=O)c1c(C)nc(-c2ccco2)nc1SC(C)C(=O)Nc1ccc(C)cc1C. The van der Waals surface area contributed by atoms with Gasteiger partial charge in [0.2, 0.25) is 5.91 Å². The average Bonchev–Trinajstić information content (AvgIpc) is 3.18. The standard InChI is InChI=1S/C22H23N3O3S/c1-12-8-9-17(13(2)11-12)24-21(27)16(5)29-22-19(15(4)26)14(3)23-20(25-22)18-7-6-10-28-18/h6-11,16H,1-5H3,(H,24,27). The molecule has 0 spiro atoms. The lowest BCUT2D eigenvalue weighted by Crippen LogP contribution is -2.23. The summed E-state index contributed by atoms with van der Waals surface area (Å²) >= 11 is 1.23. The van der Waals surface area contributed by atoms with Crippen LogP contribution in [0.4, 0.5) is 5.69 Å². The zero-order chi connectivity index (χ0) is 21.1. The van der Waals surface area contributed by atoms with E-state index in [-0.39, 0.29) is 11.7 Å². The third-order valence-corrected chi connectivity index (χ3v) is 5.53. The van der Waals surface area contributed by atoms with Gasteiger partial charge in [-0.25, -0.2) is 9.97 Å². The van der Waals surface area contributed by atoms with Crippen LogP contribution in [0, 0.1) is 20.8 Å². The van der Waals surface area contributed by atoms with E-state index in [1.54, 1.807) is 32.2 Å². The molecule has 150 valence electrons. The summed E-state index contributed by atoms with van der Waals surface area (Å²) in [6.07, 6.45) is 1.54. The largest absolute Gasteiger partial charge is 0.461 e. The van der Waals surface area contributed by atoms with E-state index in [0.717, 1.165) is 16.8 Å². The molecule has 3 aromatic rings. The third kappa shape index (κ3) is 4.74. The molecule has 0 saturated heterocycles. The van der Waals surface area contributed by atoms with Crippen molar-refractivity contribution < 1.29 is 14.0 Å². The van der Waals surface area contributed by atoms with Gasteiger partial charge in [-0.05, 0) is 58.4 Å². The van der Waals surface area contributed by atoms with Gasteiger partial charge in [-0.2, -0.15) is 0 Å².